The number of nitrogens with zero attached hydrogens (tertiary/aromatic N) is 3. The summed E-state index contributed by atoms with van der Waals surface area (Å²) in [5.74, 6) is -0.605. The number of imide groups is 1. The van der Waals surface area contributed by atoms with E-state index in [4.69, 9.17) is 4.74 Å². The Balaban J connectivity index is 1.69. The van der Waals surface area contributed by atoms with Crippen LogP contribution in [0.25, 0.3) is 0 Å². The molecule has 0 radical (unpaired) electrons. The minimum atomic E-state index is -0.536. The Kier molecular flexibility index (Phi) is 5.79. The van der Waals surface area contributed by atoms with Crippen molar-refractivity contribution >= 4 is 23.6 Å². The van der Waals surface area contributed by atoms with Crippen LogP contribution in [0.3, 0.4) is 0 Å². The lowest BCUT2D eigenvalue weighted by Crippen LogP contribution is -2.47. The van der Waals surface area contributed by atoms with Crippen molar-refractivity contribution in [2.24, 2.45) is 5.92 Å². The highest BCUT2D eigenvalue weighted by atomic mass is 16.5. The van der Waals surface area contributed by atoms with E-state index in [-0.39, 0.29) is 30.5 Å². The number of esters is 1. The molecule has 0 spiro atoms. The first kappa shape index (κ1) is 19.4. The Morgan fingerprint density at radius 2 is 1.93 bits per heavy atom. The molecule has 7 heteroatoms. The normalized spacial score (nSPS) is 23.8. The van der Waals surface area contributed by atoms with Crippen LogP contribution < -0.4 is 4.90 Å². The SMILES string of the molecule is CCOC(=O)[C@@H]1CCCN(CN2C(=O)[C@H](C)N(c3ccc(C)cc3)C2=O)C1. The van der Waals surface area contributed by atoms with Crippen LogP contribution >= 0.6 is 0 Å². The molecule has 0 aromatic heterocycles. The summed E-state index contributed by atoms with van der Waals surface area (Å²) in [6, 6.07) is 6.73. The summed E-state index contributed by atoms with van der Waals surface area (Å²) in [6.07, 6.45) is 1.63. The highest BCUT2D eigenvalue weighted by Gasteiger charge is 2.44. The van der Waals surface area contributed by atoms with Crippen molar-refractivity contribution in [1.29, 1.82) is 0 Å². The van der Waals surface area contributed by atoms with Crippen molar-refractivity contribution in [3.8, 4) is 0 Å². The molecule has 2 atom stereocenters. The molecule has 3 amide bonds. The van der Waals surface area contributed by atoms with E-state index in [1.54, 1.807) is 13.8 Å². The summed E-state index contributed by atoms with van der Waals surface area (Å²) in [7, 11) is 0. The number of likely N-dealkylation sites (tertiary alicyclic amines) is 1. The molecule has 1 aromatic rings. The number of rotatable bonds is 5. The number of hydrogen-bond donors (Lipinski definition) is 0. The zero-order chi connectivity index (χ0) is 19.6. The Morgan fingerprint density at radius 1 is 1.22 bits per heavy atom. The Hall–Kier alpha value is -2.41. The van der Waals surface area contributed by atoms with E-state index in [0.29, 0.717) is 13.2 Å². The molecular formula is C20H27N3O4. The highest BCUT2D eigenvalue weighted by molar-refractivity contribution is 6.14. The molecule has 0 N–H and O–H groups in total. The van der Waals surface area contributed by atoms with E-state index in [2.05, 4.69) is 0 Å². The van der Waals surface area contributed by atoms with Gasteiger partial charge in [-0.25, -0.2) is 9.69 Å². The monoisotopic (exact) mass is 373 g/mol. The maximum Gasteiger partial charge on any atom is 0.333 e. The maximum absolute atomic E-state index is 12.9. The molecule has 0 aliphatic carbocycles. The number of amides is 3. The van der Waals surface area contributed by atoms with Gasteiger partial charge < -0.3 is 4.74 Å². The number of anilines is 1. The van der Waals surface area contributed by atoms with Crippen molar-refractivity contribution in [2.45, 2.75) is 39.7 Å². The standard InChI is InChI=1S/C20H27N3O4/c1-4-27-19(25)16-6-5-11-21(12-16)13-22-18(24)15(3)23(20(22)26)17-9-7-14(2)8-10-17/h7-10,15-16H,4-6,11-13H2,1-3H3/t15-,16+/m0/s1. The molecule has 146 valence electrons. The minimum absolute atomic E-state index is 0.197. The van der Waals surface area contributed by atoms with Crippen molar-refractivity contribution in [2.75, 3.05) is 31.3 Å². The van der Waals surface area contributed by atoms with Crippen LogP contribution in [0.2, 0.25) is 0 Å². The van der Waals surface area contributed by atoms with Crippen LogP contribution in [0.4, 0.5) is 10.5 Å². The lowest BCUT2D eigenvalue weighted by Gasteiger charge is -2.33. The summed E-state index contributed by atoms with van der Waals surface area (Å²) in [5.41, 5.74) is 1.82. The van der Waals surface area contributed by atoms with Gasteiger partial charge in [0.1, 0.15) is 6.04 Å². The third-order valence-electron chi connectivity index (χ3n) is 5.23. The van der Waals surface area contributed by atoms with Gasteiger partial charge in [0.25, 0.3) is 5.91 Å². The summed E-state index contributed by atoms with van der Waals surface area (Å²) in [6.45, 7) is 7.36. The third kappa shape index (κ3) is 3.98. The first-order valence-electron chi connectivity index (χ1n) is 9.52. The summed E-state index contributed by atoms with van der Waals surface area (Å²) in [4.78, 5) is 42.5. The van der Waals surface area contributed by atoms with Gasteiger partial charge in [0.05, 0.1) is 19.2 Å². The van der Waals surface area contributed by atoms with Crippen LogP contribution in [0.1, 0.15) is 32.3 Å². The average Bonchev–Trinajstić information content (AvgIpc) is 2.87. The molecular weight excluding hydrogens is 346 g/mol. The topological polar surface area (TPSA) is 70.2 Å². The van der Waals surface area contributed by atoms with Gasteiger partial charge in [0.2, 0.25) is 0 Å². The van der Waals surface area contributed by atoms with Gasteiger partial charge in [-0.2, -0.15) is 0 Å². The largest absolute Gasteiger partial charge is 0.466 e. The first-order chi connectivity index (χ1) is 12.9. The summed E-state index contributed by atoms with van der Waals surface area (Å²) >= 11 is 0. The van der Waals surface area contributed by atoms with E-state index < -0.39 is 6.04 Å². The van der Waals surface area contributed by atoms with E-state index in [1.807, 2.05) is 36.1 Å². The third-order valence-corrected chi connectivity index (χ3v) is 5.23. The van der Waals surface area contributed by atoms with E-state index in [0.717, 1.165) is 30.6 Å². The molecule has 0 unspecified atom stereocenters. The van der Waals surface area contributed by atoms with Gasteiger partial charge in [-0.05, 0) is 52.3 Å². The van der Waals surface area contributed by atoms with Gasteiger partial charge in [-0.3, -0.25) is 19.4 Å². The molecule has 2 aliphatic rings. The molecule has 27 heavy (non-hydrogen) atoms. The number of hydrogen-bond acceptors (Lipinski definition) is 5. The number of ether oxygens (including phenoxy) is 1. The highest BCUT2D eigenvalue weighted by Crippen LogP contribution is 2.27. The van der Waals surface area contributed by atoms with Gasteiger partial charge in [0, 0.05) is 12.2 Å². The van der Waals surface area contributed by atoms with Crippen LogP contribution in [-0.4, -0.2) is 60.1 Å². The predicted molar refractivity (Wildman–Crippen MR) is 101 cm³/mol. The summed E-state index contributed by atoms with van der Waals surface area (Å²) < 4.78 is 5.12. The minimum Gasteiger partial charge on any atom is -0.466 e. The zero-order valence-electron chi connectivity index (χ0n) is 16.2. The lowest BCUT2D eigenvalue weighted by molar-refractivity contribution is -0.150. The molecule has 3 rings (SSSR count). The van der Waals surface area contributed by atoms with Gasteiger partial charge in [0.15, 0.2) is 0 Å². The number of aryl methyl sites for hydroxylation is 1. The van der Waals surface area contributed by atoms with Gasteiger partial charge in [-0.1, -0.05) is 17.7 Å². The van der Waals surface area contributed by atoms with Crippen LogP contribution in [0, 0.1) is 12.8 Å². The first-order valence-corrected chi connectivity index (χ1v) is 9.52. The molecule has 0 saturated carbocycles. The predicted octanol–water partition coefficient (Wildman–Crippen LogP) is 2.38. The number of carbonyl (C=O) groups is 3. The number of piperidine rings is 1. The Morgan fingerprint density at radius 3 is 2.59 bits per heavy atom. The Bertz CT molecular complexity index is 718. The van der Waals surface area contributed by atoms with Crippen molar-refractivity contribution in [3.05, 3.63) is 29.8 Å². The van der Waals surface area contributed by atoms with Crippen LogP contribution in [-0.2, 0) is 14.3 Å². The second-order valence-electron chi connectivity index (χ2n) is 7.24. The molecule has 2 saturated heterocycles. The molecule has 7 nitrogen and oxygen atoms in total. The average molecular weight is 373 g/mol. The second kappa shape index (κ2) is 8.08. The molecule has 2 heterocycles. The van der Waals surface area contributed by atoms with Crippen LogP contribution in [0.5, 0.6) is 0 Å². The van der Waals surface area contributed by atoms with Crippen LogP contribution in [0.15, 0.2) is 24.3 Å². The smallest absolute Gasteiger partial charge is 0.333 e. The second-order valence-corrected chi connectivity index (χ2v) is 7.24. The molecule has 2 aliphatic heterocycles. The quantitative estimate of drug-likeness (QED) is 0.585. The fourth-order valence-electron chi connectivity index (χ4n) is 3.73. The number of carbonyl (C=O) groups excluding carboxylic acids is 3. The molecule has 2 fully saturated rings. The van der Waals surface area contributed by atoms with E-state index in [9.17, 15) is 14.4 Å². The zero-order valence-corrected chi connectivity index (χ0v) is 16.2. The van der Waals surface area contributed by atoms with E-state index >= 15 is 0 Å². The van der Waals surface area contributed by atoms with Gasteiger partial charge in [-0.15, -0.1) is 0 Å². The van der Waals surface area contributed by atoms with Crippen molar-refractivity contribution in [1.82, 2.24) is 9.80 Å². The molecule has 1 aromatic carbocycles. The van der Waals surface area contributed by atoms with Crippen molar-refractivity contribution < 1.29 is 19.1 Å². The number of benzene rings is 1. The maximum atomic E-state index is 12.9. The number of urea groups is 1. The van der Waals surface area contributed by atoms with Gasteiger partial charge >= 0.3 is 12.0 Å². The van der Waals surface area contributed by atoms with Crippen molar-refractivity contribution in [3.63, 3.8) is 0 Å². The summed E-state index contributed by atoms with van der Waals surface area (Å²) in [5, 5.41) is 0. The lowest BCUT2D eigenvalue weighted by atomic mass is 9.98. The van der Waals surface area contributed by atoms with E-state index in [1.165, 1.54) is 9.80 Å². The Labute approximate surface area is 159 Å². The fraction of sp³-hybridized carbons (Fsp3) is 0.550. The molecule has 0 bridgehead atoms. The fourth-order valence-corrected chi connectivity index (χ4v) is 3.73.